The van der Waals surface area contributed by atoms with Crippen molar-refractivity contribution < 1.29 is 13.9 Å². The normalized spacial score (nSPS) is 14.2. The van der Waals surface area contributed by atoms with Crippen molar-refractivity contribution in [1.82, 2.24) is 0 Å². The molecule has 0 atom stereocenters. The van der Waals surface area contributed by atoms with Crippen LogP contribution in [0.15, 0.2) is 0 Å². The van der Waals surface area contributed by atoms with E-state index >= 15 is 0 Å². The summed E-state index contributed by atoms with van der Waals surface area (Å²) in [6.45, 7) is 2.14. The molecule has 8 heavy (non-hydrogen) atoms. The van der Waals surface area contributed by atoms with Gasteiger partial charge in [0.05, 0.1) is 0 Å². The number of halogens is 3. The maximum absolute atomic E-state index is 12.0. The summed E-state index contributed by atoms with van der Waals surface area (Å²) in [6.07, 6.45) is 0. The number of hydrogen-bond donors (Lipinski definition) is 1. The van der Waals surface area contributed by atoms with Crippen molar-refractivity contribution in [2.24, 2.45) is 0 Å². The Morgan fingerprint density at radius 1 is 1.38 bits per heavy atom. The van der Waals surface area contributed by atoms with Gasteiger partial charge in [-0.1, -0.05) is 0 Å². The van der Waals surface area contributed by atoms with Crippen molar-refractivity contribution in [1.29, 1.82) is 0 Å². The van der Waals surface area contributed by atoms with Crippen LogP contribution in [0.1, 0.15) is 13.8 Å². The summed E-state index contributed by atoms with van der Waals surface area (Å²) < 4.78 is 20.9. The van der Waals surface area contributed by atoms with Crippen LogP contribution in [0.3, 0.4) is 0 Å². The maximum Gasteiger partial charge on any atom is 0.323 e. The van der Waals surface area contributed by atoms with E-state index in [0.717, 1.165) is 36.4 Å². The van der Waals surface area contributed by atoms with Gasteiger partial charge in [-0.2, -0.15) is 8.78 Å². The lowest BCUT2D eigenvalue weighted by Gasteiger charge is -2.22. The highest BCUT2D eigenvalue weighted by Crippen LogP contribution is 2.34. The lowest BCUT2D eigenvalue weighted by molar-refractivity contribution is -0.0826. The Morgan fingerprint density at radius 2 is 1.50 bits per heavy atom. The first-order valence-corrected chi connectivity index (χ1v) is 3.12. The van der Waals surface area contributed by atoms with Crippen LogP contribution < -0.4 is 0 Å². The Balaban J connectivity index is 4.02. The highest BCUT2D eigenvalue weighted by molar-refractivity contribution is 14.1. The molecule has 0 aliphatic heterocycles. The van der Waals surface area contributed by atoms with E-state index in [2.05, 4.69) is 0 Å². The van der Waals surface area contributed by atoms with E-state index in [1.807, 2.05) is 0 Å². The zero-order chi connectivity index (χ0) is 7.00. The zero-order valence-electron chi connectivity index (χ0n) is 4.58. The molecule has 0 saturated carbocycles. The van der Waals surface area contributed by atoms with Crippen LogP contribution in [0.4, 0.5) is 8.78 Å². The van der Waals surface area contributed by atoms with Crippen LogP contribution in [0.5, 0.6) is 0 Å². The second kappa shape index (κ2) is 2.06. The summed E-state index contributed by atoms with van der Waals surface area (Å²) in [5.41, 5.74) is -1.91. The summed E-state index contributed by atoms with van der Waals surface area (Å²) in [7, 11) is 0. The molecule has 0 aliphatic rings. The molecule has 0 spiro atoms. The predicted molar refractivity (Wildman–Crippen MR) is 35.3 cm³/mol. The number of rotatable bonds is 1. The molecule has 0 heterocycles. The van der Waals surface area contributed by atoms with Gasteiger partial charge in [0.25, 0.3) is 0 Å². The van der Waals surface area contributed by atoms with Crippen LogP contribution in [0, 0.1) is 0 Å². The van der Waals surface area contributed by atoms with Gasteiger partial charge in [0, 0.05) is 22.6 Å². The van der Waals surface area contributed by atoms with Crippen molar-refractivity contribution in [3.8, 4) is 0 Å². The summed E-state index contributed by atoms with van der Waals surface area (Å²) in [6, 6.07) is 0. The molecule has 0 aromatic heterocycles. The molecule has 0 amide bonds. The second-order valence-corrected chi connectivity index (χ2v) is 3.41. The Morgan fingerprint density at radius 3 is 1.50 bits per heavy atom. The fourth-order valence-electron chi connectivity index (χ4n) is 0. The Labute approximate surface area is 60.2 Å². The molecule has 0 aromatic carbocycles. The molecule has 0 bridgehead atoms. The smallest absolute Gasteiger partial charge is 0.323 e. The van der Waals surface area contributed by atoms with Gasteiger partial charge in [0.2, 0.25) is 0 Å². The monoisotopic (exact) mass is 236 g/mol. The molecule has 0 unspecified atom stereocenters. The topological polar surface area (TPSA) is 20.2 Å². The molecule has 50 valence electrons. The van der Waals surface area contributed by atoms with E-state index in [1.54, 1.807) is 0 Å². The van der Waals surface area contributed by atoms with E-state index in [4.69, 9.17) is 5.11 Å². The van der Waals surface area contributed by atoms with Crippen molar-refractivity contribution in [3.05, 3.63) is 0 Å². The second-order valence-electron chi connectivity index (χ2n) is 2.06. The summed E-state index contributed by atoms with van der Waals surface area (Å²) in [4.78, 5) is 0. The Hall–Kier alpha value is 0.550. The predicted octanol–water partition coefficient (Wildman–Crippen LogP) is 1.79. The van der Waals surface area contributed by atoms with Crippen molar-refractivity contribution in [2.45, 2.75) is 23.4 Å². The molecule has 0 aliphatic carbocycles. The molecule has 0 aromatic rings. The minimum Gasteiger partial charge on any atom is -0.383 e. The van der Waals surface area contributed by atoms with Gasteiger partial charge in [-0.25, -0.2) is 0 Å². The van der Waals surface area contributed by atoms with E-state index in [1.165, 1.54) is 0 Å². The van der Waals surface area contributed by atoms with E-state index in [-0.39, 0.29) is 0 Å². The lowest BCUT2D eigenvalue weighted by atomic mass is 10.2. The molecule has 1 N–H and O–H groups in total. The Bertz CT molecular complexity index is 69.0. The highest BCUT2D eigenvalue weighted by atomic mass is 127. The standard InChI is InChI=1S/C4H7F2IO/c1-3(2,8)4(5,6)7/h8H,1-2H3. The average Bonchev–Trinajstić information content (AvgIpc) is 1.25. The zero-order valence-corrected chi connectivity index (χ0v) is 6.74. The van der Waals surface area contributed by atoms with E-state index < -0.39 is 9.53 Å². The Kier molecular flexibility index (Phi) is 2.20. The number of aliphatic hydroxyl groups is 1. The quantitative estimate of drug-likeness (QED) is 0.543. The number of alkyl halides is 3. The first-order chi connectivity index (χ1) is 3.25. The molecule has 0 saturated heterocycles. The van der Waals surface area contributed by atoms with Crippen LogP contribution in [0.25, 0.3) is 0 Å². The van der Waals surface area contributed by atoms with Gasteiger partial charge in [0.15, 0.2) is 0 Å². The van der Waals surface area contributed by atoms with Crippen molar-refractivity contribution >= 4 is 22.6 Å². The van der Waals surface area contributed by atoms with Crippen LogP contribution >= 0.6 is 22.6 Å². The molecule has 1 nitrogen and oxygen atoms in total. The minimum absolute atomic E-state index is 0.900. The average molecular weight is 236 g/mol. The fraction of sp³-hybridized carbons (Fsp3) is 1.00. The SMILES string of the molecule is CC(C)(O)C(F)(F)I. The maximum atomic E-state index is 12.0. The van der Waals surface area contributed by atoms with Crippen molar-refractivity contribution in [2.75, 3.05) is 0 Å². The first-order valence-electron chi connectivity index (χ1n) is 2.04. The largest absolute Gasteiger partial charge is 0.383 e. The molecule has 0 fully saturated rings. The summed E-state index contributed by atoms with van der Waals surface area (Å²) in [5.74, 6) is 0. The van der Waals surface area contributed by atoms with E-state index in [0.29, 0.717) is 0 Å². The third-order valence-corrected chi connectivity index (χ3v) is 2.01. The summed E-state index contributed by atoms with van der Waals surface area (Å²) in [5, 5.41) is 8.60. The highest BCUT2D eigenvalue weighted by Gasteiger charge is 2.42. The van der Waals surface area contributed by atoms with Gasteiger partial charge in [0.1, 0.15) is 5.60 Å². The lowest BCUT2D eigenvalue weighted by Crippen LogP contribution is -2.36. The third-order valence-electron chi connectivity index (χ3n) is 0.694. The molecule has 4 heteroatoms. The molecule has 0 radical (unpaired) electrons. The van der Waals surface area contributed by atoms with Gasteiger partial charge >= 0.3 is 3.93 Å². The minimum atomic E-state index is -3.04. The van der Waals surface area contributed by atoms with Gasteiger partial charge in [-0.05, 0) is 13.8 Å². The van der Waals surface area contributed by atoms with Crippen molar-refractivity contribution in [3.63, 3.8) is 0 Å². The van der Waals surface area contributed by atoms with Crippen LogP contribution in [-0.4, -0.2) is 14.6 Å². The van der Waals surface area contributed by atoms with Crippen LogP contribution in [0.2, 0.25) is 0 Å². The summed E-state index contributed by atoms with van der Waals surface area (Å²) >= 11 is 0.900. The van der Waals surface area contributed by atoms with Gasteiger partial charge in [-0.3, -0.25) is 0 Å². The fourth-order valence-corrected chi connectivity index (χ4v) is 0. The molecular weight excluding hydrogens is 229 g/mol. The first kappa shape index (κ1) is 8.55. The van der Waals surface area contributed by atoms with E-state index in [9.17, 15) is 8.78 Å². The van der Waals surface area contributed by atoms with Gasteiger partial charge < -0.3 is 5.11 Å². The number of hydrogen-bond acceptors (Lipinski definition) is 1. The molecular formula is C4H7F2IO. The van der Waals surface area contributed by atoms with Crippen LogP contribution in [-0.2, 0) is 0 Å². The third kappa shape index (κ3) is 2.21. The molecule has 0 rings (SSSR count). The van der Waals surface area contributed by atoms with Gasteiger partial charge in [-0.15, -0.1) is 0 Å².